The summed E-state index contributed by atoms with van der Waals surface area (Å²) >= 11 is 0. The number of aliphatic hydroxyl groups is 1. The second-order valence-corrected chi connectivity index (χ2v) is 4.03. The molecule has 1 aromatic rings. The van der Waals surface area contributed by atoms with Crippen molar-refractivity contribution in [1.82, 2.24) is 15.8 Å². The van der Waals surface area contributed by atoms with Gasteiger partial charge in [0.25, 0.3) is 5.91 Å². The number of carbonyl (C=O) groups is 1. The zero-order valence-electron chi connectivity index (χ0n) is 9.39. The minimum Gasteiger partial charge on any atom is -0.390 e. The zero-order valence-corrected chi connectivity index (χ0v) is 9.39. The van der Waals surface area contributed by atoms with E-state index < -0.39 is 12.5 Å². The Labute approximate surface area is 98.1 Å². The Hall–Kier alpha value is -1.47. The van der Waals surface area contributed by atoms with Crippen LogP contribution in [0.15, 0.2) is 4.63 Å². The van der Waals surface area contributed by atoms with E-state index in [9.17, 15) is 4.79 Å². The van der Waals surface area contributed by atoms with Gasteiger partial charge in [0.15, 0.2) is 5.69 Å². The first-order valence-electron chi connectivity index (χ1n) is 5.69. The van der Waals surface area contributed by atoms with Crippen molar-refractivity contribution in [3.05, 3.63) is 11.4 Å². The molecule has 0 spiro atoms. The van der Waals surface area contributed by atoms with Crippen LogP contribution in [0.4, 0.5) is 0 Å². The smallest absolute Gasteiger partial charge is 0.299 e. The summed E-state index contributed by atoms with van der Waals surface area (Å²) in [6.07, 6.45) is 5.41. The van der Waals surface area contributed by atoms with Crippen molar-refractivity contribution in [3.8, 4) is 0 Å². The van der Waals surface area contributed by atoms with Crippen molar-refractivity contribution in [3.63, 3.8) is 0 Å². The maximum atomic E-state index is 11.6. The fourth-order valence-electron chi connectivity index (χ4n) is 1.85. The second-order valence-electron chi connectivity index (χ2n) is 4.03. The molecule has 94 valence electrons. The first-order chi connectivity index (χ1) is 8.31. The Bertz CT molecular complexity index is 373. The van der Waals surface area contributed by atoms with Crippen molar-refractivity contribution in [2.24, 2.45) is 0 Å². The average Bonchev–Trinajstić information content (AvgIpc) is 2.85. The summed E-state index contributed by atoms with van der Waals surface area (Å²) in [7, 11) is 0. The largest absolute Gasteiger partial charge is 0.390 e. The van der Waals surface area contributed by atoms with Crippen LogP contribution in [0, 0.1) is 0 Å². The molecule has 7 nitrogen and oxygen atoms in total. The van der Waals surface area contributed by atoms with Crippen LogP contribution in [0.5, 0.6) is 0 Å². The number of nitrogens with one attached hydrogen (secondary N) is 1. The number of aromatic nitrogens is 2. The number of hydroxylamine groups is 1. The summed E-state index contributed by atoms with van der Waals surface area (Å²) in [6, 6.07) is 0. The Balaban J connectivity index is 1.84. The molecule has 0 aromatic carbocycles. The molecule has 17 heavy (non-hydrogen) atoms. The predicted octanol–water partition coefficient (Wildman–Crippen LogP) is 0.556. The van der Waals surface area contributed by atoms with Gasteiger partial charge in [0.1, 0.15) is 5.69 Å². The first-order valence-corrected chi connectivity index (χ1v) is 5.69. The summed E-state index contributed by atoms with van der Waals surface area (Å²) in [4.78, 5) is 16.9. The van der Waals surface area contributed by atoms with Crippen molar-refractivity contribution in [2.45, 2.75) is 44.8 Å². The van der Waals surface area contributed by atoms with Crippen molar-refractivity contribution in [1.29, 1.82) is 0 Å². The molecular formula is C10H15N3O4. The van der Waals surface area contributed by atoms with Crippen LogP contribution in [-0.4, -0.2) is 27.4 Å². The highest BCUT2D eigenvalue weighted by atomic mass is 16.7. The number of rotatable bonds is 4. The third-order valence-corrected chi connectivity index (χ3v) is 2.79. The van der Waals surface area contributed by atoms with Gasteiger partial charge in [0.05, 0.1) is 12.7 Å². The molecule has 0 bridgehead atoms. The van der Waals surface area contributed by atoms with Gasteiger partial charge >= 0.3 is 0 Å². The van der Waals surface area contributed by atoms with Crippen LogP contribution in [0.3, 0.4) is 0 Å². The quantitative estimate of drug-likeness (QED) is 0.747. The average molecular weight is 241 g/mol. The highest BCUT2D eigenvalue weighted by Gasteiger charge is 2.20. The molecule has 0 atom stereocenters. The van der Waals surface area contributed by atoms with E-state index >= 15 is 0 Å². The van der Waals surface area contributed by atoms with Crippen LogP contribution in [-0.2, 0) is 11.4 Å². The van der Waals surface area contributed by atoms with Gasteiger partial charge in [-0.05, 0) is 18.0 Å². The van der Waals surface area contributed by atoms with E-state index in [4.69, 9.17) is 9.94 Å². The summed E-state index contributed by atoms with van der Waals surface area (Å²) in [6.45, 7) is -0.393. The SMILES string of the molecule is O=C(NOC1CCCCC1)c1nonc1CO. The fourth-order valence-corrected chi connectivity index (χ4v) is 1.85. The fraction of sp³-hybridized carbons (Fsp3) is 0.700. The molecule has 0 aliphatic heterocycles. The lowest BCUT2D eigenvalue weighted by atomic mass is 9.98. The van der Waals surface area contributed by atoms with Gasteiger partial charge < -0.3 is 5.11 Å². The highest BCUT2D eigenvalue weighted by Crippen LogP contribution is 2.19. The van der Waals surface area contributed by atoms with Gasteiger partial charge in [-0.1, -0.05) is 24.4 Å². The zero-order chi connectivity index (χ0) is 12.1. The molecule has 1 saturated carbocycles. The van der Waals surface area contributed by atoms with Crippen molar-refractivity contribution in [2.75, 3.05) is 0 Å². The molecule has 1 aliphatic carbocycles. The summed E-state index contributed by atoms with van der Waals surface area (Å²) in [5.74, 6) is -0.541. The molecule has 1 aromatic heterocycles. The van der Waals surface area contributed by atoms with E-state index in [2.05, 4.69) is 20.4 Å². The van der Waals surface area contributed by atoms with Crippen LogP contribution in [0.2, 0.25) is 0 Å². The summed E-state index contributed by atoms with van der Waals surface area (Å²) in [5.41, 5.74) is 2.38. The van der Waals surface area contributed by atoms with E-state index in [0.717, 1.165) is 25.7 Å². The normalized spacial score (nSPS) is 17.0. The van der Waals surface area contributed by atoms with E-state index in [-0.39, 0.29) is 17.5 Å². The van der Waals surface area contributed by atoms with E-state index in [1.165, 1.54) is 6.42 Å². The molecule has 0 unspecified atom stereocenters. The minimum atomic E-state index is -0.541. The lowest BCUT2D eigenvalue weighted by molar-refractivity contribution is -0.0317. The Morgan fingerprint density at radius 3 is 2.88 bits per heavy atom. The van der Waals surface area contributed by atoms with Crippen LogP contribution >= 0.6 is 0 Å². The molecular weight excluding hydrogens is 226 g/mol. The minimum absolute atomic E-state index is 0.0386. The van der Waals surface area contributed by atoms with Gasteiger partial charge in [-0.15, -0.1) is 0 Å². The number of aliphatic hydroxyl groups excluding tert-OH is 1. The Kier molecular flexibility index (Phi) is 4.05. The van der Waals surface area contributed by atoms with Crippen LogP contribution < -0.4 is 5.48 Å². The molecule has 2 N–H and O–H groups in total. The van der Waals surface area contributed by atoms with E-state index in [0.29, 0.717) is 0 Å². The molecule has 7 heteroatoms. The van der Waals surface area contributed by atoms with Crippen LogP contribution in [0.25, 0.3) is 0 Å². The first kappa shape index (κ1) is 12.0. The maximum absolute atomic E-state index is 11.6. The third-order valence-electron chi connectivity index (χ3n) is 2.79. The van der Waals surface area contributed by atoms with Gasteiger partial charge in [0.2, 0.25) is 0 Å². The lowest BCUT2D eigenvalue weighted by Gasteiger charge is -2.21. The Morgan fingerprint density at radius 1 is 1.41 bits per heavy atom. The van der Waals surface area contributed by atoms with Crippen molar-refractivity contribution < 1.29 is 19.4 Å². The van der Waals surface area contributed by atoms with E-state index in [1.54, 1.807) is 0 Å². The lowest BCUT2D eigenvalue weighted by Crippen LogP contribution is -2.31. The number of hydrogen-bond donors (Lipinski definition) is 2. The number of amides is 1. The van der Waals surface area contributed by atoms with E-state index in [1.807, 2.05) is 0 Å². The summed E-state index contributed by atoms with van der Waals surface area (Å²) in [5, 5.41) is 15.7. The third kappa shape index (κ3) is 3.01. The Morgan fingerprint density at radius 2 is 2.18 bits per heavy atom. The molecule has 0 radical (unpaired) electrons. The predicted molar refractivity (Wildman–Crippen MR) is 55.6 cm³/mol. The van der Waals surface area contributed by atoms with Gasteiger partial charge in [-0.2, -0.15) is 0 Å². The molecule has 2 rings (SSSR count). The molecule has 1 amide bonds. The van der Waals surface area contributed by atoms with Gasteiger partial charge in [-0.25, -0.2) is 10.1 Å². The molecule has 1 aliphatic rings. The standard InChI is InChI=1S/C10H15N3O4/c14-6-8-9(12-17-11-8)10(15)13-16-7-4-2-1-3-5-7/h7,14H,1-6H2,(H,13,15). The molecule has 0 saturated heterocycles. The highest BCUT2D eigenvalue weighted by molar-refractivity contribution is 5.92. The number of hydrogen-bond acceptors (Lipinski definition) is 6. The number of carbonyl (C=O) groups excluding carboxylic acids is 1. The molecule has 1 heterocycles. The number of nitrogens with zero attached hydrogens (tertiary/aromatic N) is 2. The van der Waals surface area contributed by atoms with Gasteiger partial charge in [-0.3, -0.25) is 9.63 Å². The second kappa shape index (κ2) is 5.74. The monoisotopic (exact) mass is 241 g/mol. The van der Waals surface area contributed by atoms with Gasteiger partial charge in [0, 0.05) is 0 Å². The topological polar surface area (TPSA) is 97.5 Å². The summed E-state index contributed by atoms with van der Waals surface area (Å²) < 4.78 is 4.37. The maximum Gasteiger partial charge on any atom is 0.299 e. The van der Waals surface area contributed by atoms with Crippen molar-refractivity contribution >= 4 is 5.91 Å². The molecule has 1 fully saturated rings. The van der Waals surface area contributed by atoms with Crippen LogP contribution in [0.1, 0.15) is 48.3 Å².